The maximum Gasteiger partial charge on any atom is 0.233 e. The molecule has 1 aromatic carbocycles. The Bertz CT molecular complexity index is 586. The molecule has 1 aromatic rings. The molecule has 0 N–H and O–H groups in total. The van der Waals surface area contributed by atoms with Gasteiger partial charge in [-0.15, -0.1) is 0 Å². The quantitative estimate of drug-likeness (QED) is 0.448. The topological polar surface area (TPSA) is 54.5 Å². The van der Waals surface area contributed by atoms with Gasteiger partial charge in [0.15, 0.2) is 5.78 Å². The van der Waals surface area contributed by atoms with Gasteiger partial charge in [0.25, 0.3) is 0 Å². The second-order valence-corrected chi connectivity index (χ2v) is 7.23. The zero-order chi connectivity index (χ0) is 15.1. The normalized spacial score (nSPS) is 28.1. The summed E-state index contributed by atoms with van der Waals surface area (Å²) in [4.78, 5) is 38.0. The van der Waals surface area contributed by atoms with Gasteiger partial charge in [-0.05, 0) is 53.5 Å². The first kappa shape index (κ1) is 14.7. The number of carbonyl (C=O) groups excluding carboxylic acids is 3. The molecule has 2 atom stereocenters. The molecule has 4 nitrogen and oxygen atoms in total. The SMILES string of the molecule is CC1CC2C(=O)N(CC(=O)c3ccc(I)cc3)C(=O)C2C1. The van der Waals surface area contributed by atoms with Crippen LogP contribution in [0.4, 0.5) is 0 Å². The maximum atomic E-state index is 12.3. The second-order valence-electron chi connectivity index (χ2n) is 5.98. The van der Waals surface area contributed by atoms with Crippen molar-refractivity contribution in [3.8, 4) is 0 Å². The Labute approximate surface area is 137 Å². The summed E-state index contributed by atoms with van der Waals surface area (Å²) < 4.78 is 1.04. The highest BCUT2D eigenvalue weighted by atomic mass is 127. The minimum Gasteiger partial charge on any atom is -0.292 e. The van der Waals surface area contributed by atoms with Crippen molar-refractivity contribution in [3.63, 3.8) is 0 Å². The predicted molar refractivity (Wildman–Crippen MR) is 85.6 cm³/mol. The Morgan fingerprint density at radius 3 is 2.19 bits per heavy atom. The van der Waals surface area contributed by atoms with Gasteiger partial charge in [0.05, 0.1) is 18.4 Å². The van der Waals surface area contributed by atoms with Crippen LogP contribution in [0.3, 0.4) is 0 Å². The highest BCUT2D eigenvalue weighted by molar-refractivity contribution is 14.1. The van der Waals surface area contributed by atoms with Crippen LogP contribution in [-0.2, 0) is 9.59 Å². The molecule has 2 unspecified atom stereocenters. The van der Waals surface area contributed by atoms with E-state index in [0.29, 0.717) is 11.5 Å². The van der Waals surface area contributed by atoms with Crippen molar-refractivity contribution in [2.75, 3.05) is 6.54 Å². The largest absolute Gasteiger partial charge is 0.292 e. The van der Waals surface area contributed by atoms with E-state index < -0.39 is 0 Å². The molecule has 0 radical (unpaired) electrons. The number of halogens is 1. The number of likely N-dealkylation sites (tertiary alicyclic amines) is 1. The zero-order valence-electron chi connectivity index (χ0n) is 11.7. The van der Waals surface area contributed by atoms with Crippen molar-refractivity contribution in [3.05, 3.63) is 33.4 Å². The molecule has 1 heterocycles. The molecule has 2 amide bonds. The summed E-state index contributed by atoms with van der Waals surface area (Å²) in [6.45, 7) is 1.94. The van der Waals surface area contributed by atoms with Crippen LogP contribution in [0.15, 0.2) is 24.3 Å². The van der Waals surface area contributed by atoms with Crippen molar-refractivity contribution < 1.29 is 14.4 Å². The van der Waals surface area contributed by atoms with Crippen molar-refractivity contribution in [1.82, 2.24) is 4.90 Å². The van der Waals surface area contributed by atoms with Gasteiger partial charge >= 0.3 is 0 Å². The first-order valence-corrected chi connectivity index (χ1v) is 8.19. The smallest absolute Gasteiger partial charge is 0.233 e. The van der Waals surface area contributed by atoms with Crippen LogP contribution in [0.5, 0.6) is 0 Å². The van der Waals surface area contributed by atoms with E-state index in [9.17, 15) is 14.4 Å². The lowest BCUT2D eigenvalue weighted by molar-refractivity contribution is -0.139. The number of benzene rings is 1. The number of ketones is 1. The third kappa shape index (κ3) is 2.63. The summed E-state index contributed by atoms with van der Waals surface area (Å²) >= 11 is 2.17. The minimum atomic E-state index is -0.197. The number of amides is 2. The third-order valence-electron chi connectivity index (χ3n) is 4.43. The van der Waals surface area contributed by atoms with E-state index in [2.05, 4.69) is 29.5 Å². The fourth-order valence-electron chi connectivity index (χ4n) is 3.37. The predicted octanol–water partition coefficient (Wildman–Crippen LogP) is 2.51. The number of hydrogen-bond donors (Lipinski definition) is 0. The molecule has 110 valence electrons. The minimum absolute atomic E-state index is 0.125. The standard InChI is InChI=1S/C16H16INO3/c1-9-6-12-13(7-9)16(21)18(15(12)20)8-14(19)10-2-4-11(17)5-3-10/h2-5,9,12-13H,6-8H2,1H3. The van der Waals surface area contributed by atoms with Gasteiger partial charge in [-0.25, -0.2) is 0 Å². The van der Waals surface area contributed by atoms with E-state index in [1.54, 1.807) is 12.1 Å². The molecule has 1 saturated carbocycles. The summed E-state index contributed by atoms with van der Waals surface area (Å²) in [7, 11) is 0. The lowest BCUT2D eigenvalue weighted by Gasteiger charge is -2.16. The molecule has 5 heteroatoms. The first-order valence-electron chi connectivity index (χ1n) is 7.11. The van der Waals surface area contributed by atoms with E-state index in [4.69, 9.17) is 0 Å². The molecule has 2 aliphatic rings. The first-order chi connectivity index (χ1) is 9.97. The maximum absolute atomic E-state index is 12.3. The third-order valence-corrected chi connectivity index (χ3v) is 5.15. The van der Waals surface area contributed by atoms with Crippen molar-refractivity contribution in [2.24, 2.45) is 17.8 Å². The molecule has 1 saturated heterocycles. The van der Waals surface area contributed by atoms with Gasteiger partial charge in [0.2, 0.25) is 11.8 Å². The molecule has 1 aliphatic carbocycles. The van der Waals surface area contributed by atoms with Crippen LogP contribution in [0.2, 0.25) is 0 Å². The van der Waals surface area contributed by atoms with Crippen LogP contribution in [0.1, 0.15) is 30.1 Å². The highest BCUT2D eigenvalue weighted by Crippen LogP contribution is 2.42. The molecule has 1 aliphatic heterocycles. The molecule has 0 bridgehead atoms. The molecule has 21 heavy (non-hydrogen) atoms. The van der Waals surface area contributed by atoms with Crippen LogP contribution < -0.4 is 0 Å². The Morgan fingerprint density at radius 2 is 1.67 bits per heavy atom. The Kier molecular flexibility index (Phi) is 3.86. The van der Waals surface area contributed by atoms with Gasteiger partial charge in [0.1, 0.15) is 0 Å². The lowest BCUT2D eigenvalue weighted by Crippen LogP contribution is -2.36. The number of carbonyl (C=O) groups is 3. The van der Waals surface area contributed by atoms with Gasteiger partial charge in [-0.1, -0.05) is 19.1 Å². The van der Waals surface area contributed by atoms with Crippen LogP contribution >= 0.6 is 22.6 Å². The monoisotopic (exact) mass is 397 g/mol. The molecular formula is C16H16INO3. The van der Waals surface area contributed by atoms with E-state index >= 15 is 0 Å². The zero-order valence-corrected chi connectivity index (χ0v) is 13.9. The molecule has 2 fully saturated rings. The number of hydrogen-bond acceptors (Lipinski definition) is 3. The summed E-state index contributed by atoms with van der Waals surface area (Å²) in [5.74, 6) is -0.474. The molecule has 3 rings (SSSR count). The average Bonchev–Trinajstić information content (AvgIpc) is 2.93. The number of imide groups is 1. The number of nitrogens with zero attached hydrogens (tertiary/aromatic N) is 1. The Morgan fingerprint density at radius 1 is 1.14 bits per heavy atom. The summed E-state index contributed by atoms with van der Waals surface area (Å²) in [5.41, 5.74) is 0.543. The van der Waals surface area contributed by atoms with Crippen molar-refractivity contribution in [1.29, 1.82) is 0 Å². The molecular weight excluding hydrogens is 381 g/mol. The highest BCUT2D eigenvalue weighted by Gasteiger charge is 2.51. The number of rotatable bonds is 3. The molecule has 0 aromatic heterocycles. The van der Waals surface area contributed by atoms with Crippen LogP contribution in [0, 0.1) is 21.3 Å². The fraction of sp³-hybridized carbons (Fsp3) is 0.438. The molecule has 0 spiro atoms. The van der Waals surface area contributed by atoms with E-state index in [1.807, 2.05) is 12.1 Å². The van der Waals surface area contributed by atoms with Crippen LogP contribution in [0.25, 0.3) is 0 Å². The summed E-state index contributed by atoms with van der Waals surface area (Å²) in [6, 6.07) is 7.16. The number of fused-ring (bicyclic) bond motifs is 1. The van der Waals surface area contributed by atoms with Gasteiger partial charge in [-0.3, -0.25) is 19.3 Å². The van der Waals surface area contributed by atoms with Crippen LogP contribution in [-0.4, -0.2) is 29.0 Å². The summed E-state index contributed by atoms with van der Waals surface area (Å²) in [5, 5.41) is 0. The lowest BCUT2D eigenvalue weighted by atomic mass is 10.00. The van der Waals surface area contributed by atoms with E-state index in [0.717, 1.165) is 16.4 Å². The second kappa shape index (κ2) is 5.51. The van der Waals surface area contributed by atoms with Gasteiger partial charge < -0.3 is 0 Å². The van der Waals surface area contributed by atoms with Gasteiger partial charge in [0, 0.05) is 9.13 Å². The fourth-order valence-corrected chi connectivity index (χ4v) is 3.73. The van der Waals surface area contributed by atoms with E-state index in [-0.39, 0.29) is 36.0 Å². The Hall–Kier alpha value is -1.24. The summed E-state index contributed by atoms with van der Waals surface area (Å²) in [6.07, 6.45) is 1.53. The Balaban J connectivity index is 1.74. The number of Topliss-reactive ketones (excluding diaryl/α,β-unsaturated/α-hetero) is 1. The van der Waals surface area contributed by atoms with Crippen molar-refractivity contribution >= 4 is 40.2 Å². The van der Waals surface area contributed by atoms with E-state index in [1.165, 1.54) is 4.90 Å². The van der Waals surface area contributed by atoms with Gasteiger partial charge in [-0.2, -0.15) is 0 Å². The van der Waals surface area contributed by atoms with Crippen molar-refractivity contribution in [2.45, 2.75) is 19.8 Å². The average molecular weight is 397 g/mol.